The second kappa shape index (κ2) is 6.17. The maximum atomic E-state index is 11.3. The van der Waals surface area contributed by atoms with Crippen molar-refractivity contribution < 1.29 is 21.7 Å². The monoisotopic (exact) mass is 205 g/mol. The molecule has 0 fully saturated rings. The Morgan fingerprint density at radius 1 is 1.54 bits per heavy atom. The zero-order valence-corrected chi connectivity index (χ0v) is 9.77. The van der Waals surface area contributed by atoms with Gasteiger partial charge in [-0.3, -0.25) is 4.79 Å². The number of hydrogen-bond donors (Lipinski definition) is 0. The lowest BCUT2D eigenvalue weighted by atomic mass is 10.1. The van der Waals surface area contributed by atoms with E-state index in [1.165, 1.54) is 6.08 Å². The maximum absolute atomic E-state index is 11.3. The van der Waals surface area contributed by atoms with E-state index >= 15 is 0 Å². The molecule has 0 heterocycles. The van der Waals surface area contributed by atoms with Gasteiger partial charge in [-0.1, -0.05) is 13.5 Å². The Labute approximate surface area is 87.6 Å². The van der Waals surface area contributed by atoms with E-state index in [4.69, 9.17) is 0 Å². The molecule has 0 aromatic rings. The largest absolute Gasteiger partial charge is 1.00 e. The van der Waals surface area contributed by atoms with Crippen molar-refractivity contribution >= 4 is 5.78 Å². The molecule has 3 heteroatoms. The van der Waals surface area contributed by atoms with Crippen molar-refractivity contribution in [2.45, 2.75) is 26.3 Å². The van der Waals surface area contributed by atoms with E-state index in [1.54, 1.807) is 0 Å². The minimum atomic E-state index is 0. The highest BCUT2D eigenvalue weighted by molar-refractivity contribution is 5.92. The Hall–Kier alpha value is -0.340. The zero-order chi connectivity index (χ0) is 9.78. The number of ketones is 1. The predicted molar refractivity (Wildman–Crippen MR) is 51.9 cm³/mol. The molecule has 1 atom stereocenters. The van der Waals surface area contributed by atoms with Gasteiger partial charge in [-0.25, -0.2) is 0 Å². The number of quaternary nitrogens is 1. The van der Waals surface area contributed by atoms with Crippen LogP contribution < -0.4 is 12.4 Å². The molecule has 0 N–H and O–H groups in total. The summed E-state index contributed by atoms with van der Waals surface area (Å²) in [5.74, 6) is 0.133. The van der Waals surface area contributed by atoms with Crippen LogP contribution in [0.5, 0.6) is 0 Å². The van der Waals surface area contributed by atoms with Crippen molar-refractivity contribution in [3.05, 3.63) is 12.7 Å². The third kappa shape index (κ3) is 4.44. The van der Waals surface area contributed by atoms with Gasteiger partial charge in [0.25, 0.3) is 0 Å². The summed E-state index contributed by atoms with van der Waals surface area (Å²) in [6.07, 6.45) is 2.52. The molecule has 0 aromatic heterocycles. The SMILES string of the molecule is C=CC(=O)C(C)[N+](C)(C)CCC.[Cl-]. The molecule has 0 aliphatic heterocycles. The topological polar surface area (TPSA) is 17.1 Å². The Morgan fingerprint density at radius 2 is 2.00 bits per heavy atom. The van der Waals surface area contributed by atoms with E-state index in [9.17, 15) is 4.79 Å². The molecular weight excluding hydrogens is 186 g/mol. The molecule has 78 valence electrons. The molecule has 0 spiro atoms. The summed E-state index contributed by atoms with van der Waals surface area (Å²) < 4.78 is 0.751. The Morgan fingerprint density at radius 3 is 2.31 bits per heavy atom. The van der Waals surface area contributed by atoms with Gasteiger partial charge >= 0.3 is 0 Å². The first kappa shape index (κ1) is 15.1. The molecular formula is C10H20ClNO. The summed E-state index contributed by atoms with van der Waals surface area (Å²) in [5, 5.41) is 0. The molecule has 0 rings (SSSR count). The number of carbonyl (C=O) groups excluding carboxylic acids is 1. The van der Waals surface area contributed by atoms with Crippen molar-refractivity contribution in [1.82, 2.24) is 0 Å². The Kier molecular flexibility index (Phi) is 7.18. The molecule has 13 heavy (non-hydrogen) atoms. The summed E-state index contributed by atoms with van der Waals surface area (Å²) in [4.78, 5) is 11.3. The zero-order valence-electron chi connectivity index (χ0n) is 9.01. The van der Waals surface area contributed by atoms with Crippen molar-refractivity contribution in [2.75, 3.05) is 20.6 Å². The second-order valence-corrected chi connectivity index (χ2v) is 3.78. The van der Waals surface area contributed by atoms with Crippen LogP contribution in [0.2, 0.25) is 0 Å². The summed E-state index contributed by atoms with van der Waals surface area (Å²) in [6.45, 7) is 8.61. The van der Waals surface area contributed by atoms with Crippen LogP contribution >= 0.6 is 0 Å². The van der Waals surface area contributed by atoms with Gasteiger partial charge in [0.1, 0.15) is 6.04 Å². The highest BCUT2D eigenvalue weighted by atomic mass is 35.5. The van der Waals surface area contributed by atoms with E-state index < -0.39 is 0 Å². The summed E-state index contributed by atoms with van der Waals surface area (Å²) in [5.41, 5.74) is 0. The number of carbonyl (C=O) groups is 1. The van der Waals surface area contributed by atoms with E-state index in [-0.39, 0.29) is 24.2 Å². The fourth-order valence-corrected chi connectivity index (χ4v) is 1.28. The van der Waals surface area contributed by atoms with Gasteiger partial charge in [-0.2, -0.15) is 0 Å². The lowest BCUT2D eigenvalue weighted by Gasteiger charge is -2.34. The average molecular weight is 206 g/mol. The third-order valence-electron chi connectivity index (χ3n) is 2.46. The molecule has 0 aromatic carbocycles. The van der Waals surface area contributed by atoms with Crippen molar-refractivity contribution in [1.29, 1.82) is 0 Å². The van der Waals surface area contributed by atoms with Crippen LogP contribution in [-0.4, -0.2) is 36.9 Å². The molecule has 1 unspecified atom stereocenters. The lowest BCUT2D eigenvalue weighted by Crippen LogP contribution is -3.00. The Bertz CT molecular complexity index is 178. The average Bonchev–Trinajstić information content (AvgIpc) is 2.01. The van der Waals surface area contributed by atoms with Crippen LogP contribution in [0.4, 0.5) is 0 Å². The smallest absolute Gasteiger partial charge is 0.211 e. The fourth-order valence-electron chi connectivity index (χ4n) is 1.28. The van der Waals surface area contributed by atoms with Gasteiger partial charge in [-0.15, -0.1) is 0 Å². The van der Waals surface area contributed by atoms with Gasteiger partial charge in [-0.05, 0) is 19.4 Å². The molecule has 0 amide bonds. The molecule has 2 nitrogen and oxygen atoms in total. The molecule has 0 radical (unpaired) electrons. The first-order valence-electron chi connectivity index (χ1n) is 4.44. The lowest BCUT2D eigenvalue weighted by molar-refractivity contribution is -0.903. The summed E-state index contributed by atoms with van der Waals surface area (Å²) in [6, 6.07) is 0.0300. The molecule has 0 aliphatic carbocycles. The summed E-state index contributed by atoms with van der Waals surface area (Å²) >= 11 is 0. The van der Waals surface area contributed by atoms with Crippen LogP contribution in [-0.2, 0) is 4.79 Å². The number of nitrogens with zero attached hydrogens (tertiary/aromatic N) is 1. The maximum Gasteiger partial charge on any atom is 0.211 e. The van der Waals surface area contributed by atoms with Crippen LogP contribution in [0.3, 0.4) is 0 Å². The van der Waals surface area contributed by atoms with Crippen LogP contribution in [0, 0.1) is 0 Å². The van der Waals surface area contributed by atoms with Crippen LogP contribution in [0.1, 0.15) is 20.3 Å². The highest BCUT2D eigenvalue weighted by Crippen LogP contribution is 2.08. The van der Waals surface area contributed by atoms with Crippen LogP contribution in [0.25, 0.3) is 0 Å². The fraction of sp³-hybridized carbons (Fsp3) is 0.700. The van der Waals surface area contributed by atoms with E-state index in [2.05, 4.69) is 27.6 Å². The molecule has 0 saturated carbocycles. The number of rotatable bonds is 5. The quantitative estimate of drug-likeness (QED) is 0.400. The third-order valence-corrected chi connectivity index (χ3v) is 2.46. The van der Waals surface area contributed by atoms with Gasteiger partial charge < -0.3 is 16.9 Å². The molecule has 0 saturated heterocycles. The minimum Gasteiger partial charge on any atom is -1.00 e. The van der Waals surface area contributed by atoms with Crippen molar-refractivity contribution in [2.24, 2.45) is 0 Å². The van der Waals surface area contributed by atoms with E-state index in [1.807, 2.05) is 6.92 Å². The summed E-state index contributed by atoms with van der Waals surface area (Å²) in [7, 11) is 4.16. The standard InChI is InChI=1S/C10H20NO.ClH/c1-6-8-11(4,5)9(3)10(12)7-2;/h7,9H,2,6,8H2,1,3-5H3;1H/q+1;/p-1. The molecule has 0 bridgehead atoms. The molecule has 0 aliphatic rings. The van der Waals surface area contributed by atoms with Crippen molar-refractivity contribution in [3.8, 4) is 0 Å². The predicted octanol–water partition coefficient (Wildman–Crippen LogP) is -1.38. The normalized spacial score (nSPS) is 12.9. The first-order chi connectivity index (χ1) is 5.45. The number of likely N-dealkylation sites (N-methyl/N-ethyl adjacent to an activating group) is 1. The van der Waals surface area contributed by atoms with Gasteiger partial charge in [0.2, 0.25) is 5.78 Å². The van der Waals surface area contributed by atoms with Gasteiger partial charge in [0, 0.05) is 0 Å². The minimum absolute atomic E-state index is 0. The van der Waals surface area contributed by atoms with Gasteiger partial charge in [0.05, 0.1) is 20.6 Å². The van der Waals surface area contributed by atoms with Crippen molar-refractivity contribution in [3.63, 3.8) is 0 Å². The number of halogens is 1. The number of hydrogen-bond acceptors (Lipinski definition) is 1. The second-order valence-electron chi connectivity index (χ2n) is 3.78. The first-order valence-corrected chi connectivity index (χ1v) is 4.44. The van der Waals surface area contributed by atoms with Gasteiger partial charge in [0.15, 0.2) is 0 Å². The van der Waals surface area contributed by atoms with Crippen LogP contribution in [0.15, 0.2) is 12.7 Å². The van der Waals surface area contributed by atoms with E-state index in [0.29, 0.717) is 0 Å². The highest BCUT2D eigenvalue weighted by Gasteiger charge is 2.27. The Balaban J connectivity index is 0. The van der Waals surface area contributed by atoms with E-state index in [0.717, 1.165) is 17.4 Å².